The minimum Gasteiger partial charge on any atom is -0.481 e. The molecule has 0 saturated carbocycles. The van der Waals surface area contributed by atoms with Gasteiger partial charge in [-0.25, -0.2) is 10.3 Å². The monoisotopic (exact) mass is 726 g/mol. The lowest BCUT2D eigenvalue weighted by Crippen LogP contribution is -2.52. The molecule has 0 saturated heterocycles. The van der Waals surface area contributed by atoms with Crippen molar-refractivity contribution in [3.8, 4) is 0 Å². The van der Waals surface area contributed by atoms with Gasteiger partial charge in [0.1, 0.15) is 12.6 Å². The third kappa shape index (κ3) is 24.9. The maximum Gasteiger partial charge on any atom is 0.312 e. The van der Waals surface area contributed by atoms with Gasteiger partial charge in [-0.2, -0.15) is 0 Å². The molecule has 18 nitrogen and oxygen atoms in total. The number of primary amides is 1. The van der Waals surface area contributed by atoms with E-state index in [1.807, 2.05) is 20.8 Å². The Morgan fingerprint density at radius 1 is 0.902 bits per heavy atom. The third-order valence-electron chi connectivity index (χ3n) is 6.08. The number of anilines is 1. The van der Waals surface area contributed by atoms with Crippen molar-refractivity contribution >= 4 is 47.3 Å². The molecule has 0 fully saturated rings. The van der Waals surface area contributed by atoms with E-state index in [1.54, 1.807) is 34.6 Å². The van der Waals surface area contributed by atoms with Crippen LogP contribution in [0.15, 0.2) is 18.2 Å². The maximum absolute atomic E-state index is 12.7. The van der Waals surface area contributed by atoms with Gasteiger partial charge < -0.3 is 47.9 Å². The number of carbonyl (C=O) groups is 7. The van der Waals surface area contributed by atoms with E-state index in [1.165, 1.54) is 18.2 Å². The van der Waals surface area contributed by atoms with Crippen molar-refractivity contribution in [1.82, 2.24) is 26.7 Å². The Hall–Kier alpha value is -4.81. The number of aliphatic carboxylic acids is 1. The Morgan fingerprint density at radius 3 is 2.00 bits per heavy atom. The first-order chi connectivity index (χ1) is 23.9. The van der Waals surface area contributed by atoms with E-state index in [0.717, 1.165) is 6.42 Å². The largest absolute Gasteiger partial charge is 0.481 e. The van der Waals surface area contributed by atoms with Crippen LogP contribution in [0.25, 0.3) is 0 Å². The molecule has 0 aliphatic carbocycles. The summed E-state index contributed by atoms with van der Waals surface area (Å²) in [4.78, 5) is 86.1. The SMILES string of the molecule is CC(C)NCC(=O)NC(C(=O)NCC(=O)Nc1ccc(COC(=O)C(C)C)c(C(=O)NOCCN)c1)C(C)C.CCC(=O)O.CCCNC(N)=O. The summed E-state index contributed by atoms with van der Waals surface area (Å²) < 4.78 is 5.24. The van der Waals surface area contributed by atoms with Gasteiger partial charge in [0, 0.05) is 36.8 Å². The first-order valence-electron chi connectivity index (χ1n) is 16.7. The molecule has 51 heavy (non-hydrogen) atoms. The Bertz CT molecular complexity index is 1260. The Labute approximate surface area is 299 Å². The van der Waals surface area contributed by atoms with Crippen LogP contribution in [0.1, 0.15) is 84.2 Å². The summed E-state index contributed by atoms with van der Waals surface area (Å²) in [7, 11) is 0. The molecular weight excluding hydrogens is 668 g/mol. The molecule has 0 aliphatic heterocycles. The van der Waals surface area contributed by atoms with Gasteiger partial charge in [0.2, 0.25) is 17.7 Å². The van der Waals surface area contributed by atoms with Gasteiger partial charge in [0.15, 0.2) is 0 Å². The Morgan fingerprint density at radius 2 is 1.53 bits per heavy atom. The minimum atomic E-state index is -0.823. The van der Waals surface area contributed by atoms with Crippen LogP contribution in [0.3, 0.4) is 0 Å². The third-order valence-corrected chi connectivity index (χ3v) is 6.08. The summed E-state index contributed by atoms with van der Waals surface area (Å²) in [5.41, 5.74) is 13.1. The summed E-state index contributed by atoms with van der Waals surface area (Å²) in [5.74, 6) is -3.74. The van der Waals surface area contributed by atoms with Gasteiger partial charge in [-0.1, -0.05) is 61.5 Å². The Kier molecular flexibility index (Phi) is 26.5. The zero-order chi connectivity index (χ0) is 39.5. The smallest absolute Gasteiger partial charge is 0.312 e. The van der Waals surface area contributed by atoms with Crippen molar-refractivity contribution in [3.05, 3.63) is 29.3 Å². The zero-order valence-corrected chi connectivity index (χ0v) is 31.0. The van der Waals surface area contributed by atoms with Crippen LogP contribution >= 0.6 is 0 Å². The molecule has 6 amide bonds. The highest BCUT2D eigenvalue weighted by molar-refractivity contribution is 5.99. The van der Waals surface area contributed by atoms with Gasteiger partial charge in [0.05, 0.1) is 31.2 Å². The fraction of sp³-hybridized carbons (Fsp3) is 0.606. The van der Waals surface area contributed by atoms with Gasteiger partial charge in [-0.05, 0) is 24.5 Å². The van der Waals surface area contributed by atoms with Crippen molar-refractivity contribution < 1.29 is 48.2 Å². The number of urea groups is 1. The second-order valence-corrected chi connectivity index (χ2v) is 11.8. The number of hydroxylamine groups is 1. The molecule has 0 aromatic heterocycles. The zero-order valence-electron chi connectivity index (χ0n) is 31.0. The normalized spacial score (nSPS) is 10.8. The molecule has 0 aliphatic rings. The van der Waals surface area contributed by atoms with Gasteiger partial charge >= 0.3 is 18.0 Å². The van der Waals surface area contributed by atoms with Crippen molar-refractivity contribution in [2.75, 3.05) is 38.1 Å². The van der Waals surface area contributed by atoms with E-state index in [2.05, 4.69) is 32.1 Å². The number of esters is 1. The van der Waals surface area contributed by atoms with Crippen LogP contribution in [0, 0.1) is 11.8 Å². The summed E-state index contributed by atoms with van der Waals surface area (Å²) in [5, 5.41) is 20.9. The van der Waals surface area contributed by atoms with Crippen LogP contribution in [-0.4, -0.2) is 91.6 Å². The second kappa shape index (κ2) is 27.9. The van der Waals surface area contributed by atoms with Crippen molar-refractivity contribution in [1.29, 1.82) is 0 Å². The number of nitrogens with two attached hydrogens (primary N) is 2. The molecule has 290 valence electrons. The van der Waals surface area contributed by atoms with E-state index in [0.29, 0.717) is 12.1 Å². The molecule has 11 N–H and O–H groups in total. The van der Waals surface area contributed by atoms with Crippen LogP contribution in [0.4, 0.5) is 10.5 Å². The molecule has 1 aromatic carbocycles. The number of nitrogens with one attached hydrogen (secondary N) is 6. The molecule has 1 unspecified atom stereocenters. The van der Waals surface area contributed by atoms with E-state index in [-0.39, 0.29) is 74.3 Å². The molecule has 0 heterocycles. The molecule has 0 bridgehead atoms. The number of hydrogen-bond donors (Lipinski definition) is 9. The average molecular weight is 727 g/mol. The van der Waals surface area contributed by atoms with Crippen molar-refractivity contribution in [2.24, 2.45) is 23.3 Å². The molecule has 0 radical (unpaired) electrons. The number of ether oxygens (including phenoxy) is 1. The van der Waals surface area contributed by atoms with Gasteiger partial charge in [0.25, 0.3) is 5.91 Å². The van der Waals surface area contributed by atoms with Crippen LogP contribution in [0.2, 0.25) is 0 Å². The topological polar surface area (TPSA) is 282 Å². The number of carbonyl (C=O) groups excluding carboxylic acids is 6. The van der Waals surface area contributed by atoms with Crippen molar-refractivity contribution in [3.63, 3.8) is 0 Å². The molecular formula is C33H58N8O10. The highest BCUT2D eigenvalue weighted by Crippen LogP contribution is 2.18. The number of carboxylic acid groups (broad SMARTS) is 1. The lowest BCUT2D eigenvalue weighted by Gasteiger charge is -2.22. The predicted molar refractivity (Wildman–Crippen MR) is 191 cm³/mol. The maximum atomic E-state index is 12.7. The van der Waals surface area contributed by atoms with Crippen LogP contribution in [0.5, 0.6) is 0 Å². The summed E-state index contributed by atoms with van der Waals surface area (Å²) in [6.45, 7) is 14.8. The first-order valence-corrected chi connectivity index (χ1v) is 16.7. The minimum absolute atomic E-state index is 0.0640. The number of hydrogen-bond acceptors (Lipinski definition) is 11. The summed E-state index contributed by atoms with van der Waals surface area (Å²) >= 11 is 0. The van der Waals surface area contributed by atoms with E-state index < -0.39 is 41.7 Å². The van der Waals surface area contributed by atoms with E-state index >= 15 is 0 Å². The van der Waals surface area contributed by atoms with E-state index in [9.17, 15) is 33.6 Å². The lowest BCUT2D eigenvalue weighted by molar-refractivity contribution is -0.148. The lowest BCUT2D eigenvalue weighted by atomic mass is 10.0. The standard InChI is InChI=1S/C26H42N6O7.C4H10N2O.C3H6O2/c1-15(2)23(31-22(34)12-28-17(5)6)25(36)29-13-21(33)30-19-8-7-18(14-38-26(37)16(3)4)20(11-19)24(35)32-39-10-9-27;1-2-3-6-4(5)7;1-2-3(4)5/h7-8,11,15-17,23,28H,9-10,12-14,27H2,1-6H3,(H,29,36)(H,30,33)(H,31,34)(H,32,35);2-3H2,1H3,(H3,5,6,7);2H2,1H3,(H,4,5). The quantitative estimate of drug-likeness (QED) is 0.0542. The average Bonchev–Trinajstić information content (AvgIpc) is 3.07. The first kappa shape index (κ1) is 48.3. The molecule has 0 spiro atoms. The highest BCUT2D eigenvalue weighted by atomic mass is 16.6. The highest BCUT2D eigenvalue weighted by Gasteiger charge is 2.24. The molecule has 1 rings (SSSR count). The van der Waals surface area contributed by atoms with Gasteiger partial charge in [-0.3, -0.25) is 33.6 Å². The number of carboxylic acids is 1. The van der Waals surface area contributed by atoms with Crippen LogP contribution < -0.4 is 43.5 Å². The number of amides is 6. The van der Waals surface area contributed by atoms with Crippen LogP contribution in [-0.2, 0) is 40.2 Å². The summed E-state index contributed by atoms with van der Waals surface area (Å²) in [6, 6.07) is 3.32. The number of rotatable bonds is 19. The molecule has 1 atom stereocenters. The van der Waals surface area contributed by atoms with Gasteiger partial charge in [-0.15, -0.1) is 0 Å². The Balaban J connectivity index is 0. The molecule has 18 heteroatoms. The van der Waals surface area contributed by atoms with Crippen molar-refractivity contribution in [2.45, 2.75) is 86.9 Å². The second-order valence-electron chi connectivity index (χ2n) is 11.8. The summed E-state index contributed by atoms with van der Waals surface area (Å²) in [6.07, 6.45) is 1.16. The fourth-order valence-electron chi connectivity index (χ4n) is 3.32. The van der Waals surface area contributed by atoms with E-state index in [4.69, 9.17) is 26.1 Å². The molecule has 1 aromatic rings. The predicted octanol–water partition coefficient (Wildman–Crippen LogP) is 0.745. The fourth-order valence-corrected chi connectivity index (χ4v) is 3.32. The number of benzene rings is 1.